The van der Waals surface area contributed by atoms with Gasteiger partial charge in [-0.2, -0.15) is 0 Å². The van der Waals surface area contributed by atoms with Crippen LogP contribution in [0.4, 0.5) is 13.2 Å². The summed E-state index contributed by atoms with van der Waals surface area (Å²) < 4.78 is 40.1. The van der Waals surface area contributed by atoms with Crippen molar-refractivity contribution in [1.29, 1.82) is 0 Å². The van der Waals surface area contributed by atoms with Crippen molar-refractivity contribution in [1.82, 2.24) is 0 Å². The molecule has 0 aliphatic carbocycles. The second kappa shape index (κ2) is 4.64. The first-order valence-electron chi connectivity index (χ1n) is 5.25. The van der Waals surface area contributed by atoms with E-state index in [9.17, 15) is 18.0 Å². The van der Waals surface area contributed by atoms with E-state index in [1.54, 1.807) is 0 Å². The largest absolute Gasteiger partial charge is 0.288 e. The highest BCUT2D eigenvalue weighted by atomic mass is 19.1. The van der Waals surface area contributed by atoms with Crippen LogP contribution in [0.15, 0.2) is 36.4 Å². The van der Waals surface area contributed by atoms with E-state index in [4.69, 9.17) is 0 Å². The number of hydrogen-bond acceptors (Lipinski definition) is 1. The van der Waals surface area contributed by atoms with E-state index in [0.29, 0.717) is 5.56 Å². The number of hydrogen-bond donors (Lipinski definition) is 0. The van der Waals surface area contributed by atoms with Crippen LogP contribution in [-0.2, 0) is 0 Å². The molecule has 2 aromatic carbocycles. The van der Waals surface area contributed by atoms with Crippen LogP contribution >= 0.6 is 0 Å². The Balaban J connectivity index is 2.51. The van der Waals surface area contributed by atoms with Crippen molar-refractivity contribution in [2.24, 2.45) is 0 Å². The summed E-state index contributed by atoms with van der Waals surface area (Å²) in [6.45, 7) is 1.53. The van der Waals surface area contributed by atoms with Crippen LogP contribution in [0, 0.1) is 24.4 Å². The van der Waals surface area contributed by atoms with Crippen LogP contribution in [0.1, 0.15) is 21.5 Å². The van der Waals surface area contributed by atoms with E-state index in [1.165, 1.54) is 19.1 Å². The van der Waals surface area contributed by atoms with E-state index < -0.39 is 28.8 Å². The molecule has 0 N–H and O–H groups in total. The molecule has 0 aliphatic heterocycles. The second-order valence-electron chi connectivity index (χ2n) is 3.89. The zero-order chi connectivity index (χ0) is 13.3. The molecule has 0 radical (unpaired) electrons. The molecule has 0 spiro atoms. The highest BCUT2D eigenvalue weighted by molar-refractivity contribution is 6.09. The smallest absolute Gasteiger partial charge is 0.199 e. The predicted octanol–water partition coefficient (Wildman–Crippen LogP) is 3.64. The Kier molecular flexibility index (Phi) is 3.19. The molecule has 4 heteroatoms. The average Bonchev–Trinajstić information content (AvgIpc) is 2.32. The molecule has 0 heterocycles. The lowest BCUT2D eigenvalue weighted by molar-refractivity contribution is 0.103. The van der Waals surface area contributed by atoms with Crippen LogP contribution in [-0.4, -0.2) is 5.78 Å². The Hall–Kier alpha value is -2.10. The molecule has 2 aromatic rings. The van der Waals surface area contributed by atoms with Gasteiger partial charge in [-0.3, -0.25) is 4.79 Å². The molecule has 0 atom stereocenters. The number of benzene rings is 2. The monoisotopic (exact) mass is 250 g/mol. The van der Waals surface area contributed by atoms with Gasteiger partial charge in [0, 0.05) is 5.56 Å². The number of carbonyl (C=O) groups excluding carboxylic acids is 1. The quantitative estimate of drug-likeness (QED) is 0.743. The first-order chi connectivity index (χ1) is 8.50. The van der Waals surface area contributed by atoms with E-state index in [2.05, 4.69) is 0 Å². The molecule has 18 heavy (non-hydrogen) atoms. The molecular formula is C14H9F3O. The molecule has 0 saturated carbocycles. The number of carbonyl (C=O) groups is 1. The maximum Gasteiger partial charge on any atom is 0.199 e. The van der Waals surface area contributed by atoms with Gasteiger partial charge in [0.1, 0.15) is 17.5 Å². The number of halogens is 3. The van der Waals surface area contributed by atoms with Crippen molar-refractivity contribution < 1.29 is 18.0 Å². The van der Waals surface area contributed by atoms with Gasteiger partial charge in [-0.1, -0.05) is 18.2 Å². The maximum atomic E-state index is 13.4. The molecule has 0 fully saturated rings. The molecule has 0 aromatic heterocycles. The summed E-state index contributed by atoms with van der Waals surface area (Å²) in [5, 5.41) is 0. The van der Waals surface area contributed by atoms with Gasteiger partial charge in [-0.25, -0.2) is 13.2 Å². The van der Waals surface area contributed by atoms with Crippen LogP contribution in [0.5, 0.6) is 0 Å². The number of aryl methyl sites for hydroxylation is 1. The minimum Gasteiger partial charge on any atom is -0.288 e. The Bertz CT molecular complexity index is 600. The zero-order valence-electron chi connectivity index (χ0n) is 9.51. The average molecular weight is 250 g/mol. The summed E-state index contributed by atoms with van der Waals surface area (Å²) in [7, 11) is 0. The summed E-state index contributed by atoms with van der Waals surface area (Å²) in [5.41, 5.74) is -0.386. The highest BCUT2D eigenvalue weighted by Crippen LogP contribution is 2.18. The molecule has 1 nitrogen and oxygen atoms in total. The third-order valence-electron chi connectivity index (χ3n) is 2.62. The summed E-state index contributed by atoms with van der Waals surface area (Å²) in [5.74, 6) is -3.37. The van der Waals surface area contributed by atoms with Crippen molar-refractivity contribution in [2.75, 3.05) is 0 Å². The lowest BCUT2D eigenvalue weighted by atomic mass is 10.0. The predicted molar refractivity (Wildman–Crippen MR) is 60.9 cm³/mol. The van der Waals surface area contributed by atoms with Crippen LogP contribution < -0.4 is 0 Å². The van der Waals surface area contributed by atoms with Gasteiger partial charge >= 0.3 is 0 Å². The molecular weight excluding hydrogens is 241 g/mol. The SMILES string of the molecule is Cc1ccc(C(=O)c2c(F)cccc2F)cc1F. The summed E-state index contributed by atoms with van der Waals surface area (Å²) in [6, 6.07) is 6.84. The Morgan fingerprint density at radius 2 is 1.56 bits per heavy atom. The Morgan fingerprint density at radius 3 is 2.11 bits per heavy atom. The lowest BCUT2D eigenvalue weighted by Gasteiger charge is -2.05. The van der Waals surface area contributed by atoms with E-state index in [0.717, 1.165) is 24.3 Å². The molecule has 0 amide bonds. The molecule has 0 unspecified atom stereocenters. The molecule has 0 saturated heterocycles. The van der Waals surface area contributed by atoms with Gasteiger partial charge in [0.15, 0.2) is 5.78 Å². The minimum atomic E-state index is -0.957. The van der Waals surface area contributed by atoms with Gasteiger partial charge in [-0.05, 0) is 30.7 Å². The van der Waals surface area contributed by atoms with Gasteiger partial charge in [-0.15, -0.1) is 0 Å². The number of rotatable bonds is 2. The van der Waals surface area contributed by atoms with Crippen molar-refractivity contribution >= 4 is 5.78 Å². The van der Waals surface area contributed by atoms with Crippen molar-refractivity contribution in [2.45, 2.75) is 6.92 Å². The van der Waals surface area contributed by atoms with Gasteiger partial charge in [0.25, 0.3) is 0 Å². The number of ketones is 1. The summed E-state index contributed by atoms with van der Waals surface area (Å²) in [4.78, 5) is 11.9. The lowest BCUT2D eigenvalue weighted by Crippen LogP contribution is -2.08. The molecule has 2 rings (SSSR count). The standard InChI is InChI=1S/C14H9F3O/c1-8-5-6-9(7-12(8)17)14(18)13-10(15)3-2-4-11(13)16/h2-7H,1H3. The fourth-order valence-corrected chi connectivity index (χ4v) is 1.59. The van der Waals surface area contributed by atoms with Gasteiger partial charge in [0.2, 0.25) is 0 Å². The minimum absolute atomic E-state index is 0.0814. The zero-order valence-corrected chi connectivity index (χ0v) is 9.51. The summed E-state index contributed by atoms with van der Waals surface area (Å²) >= 11 is 0. The topological polar surface area (TPSA) is 17.1 Å². The van der Waals surface area contributed by atoms with Gasteiger partial charge < -0.3 is 0 Å². The third-order valence-corrected chi connectivity index (χ3v) is 2.62. The Morgan fingerprint density at radius 1 is 0.944 bits per heavy atom. The molecule has 0 bridgehead atoms. The highest BCUT2D eigenvalue weighted by Gasteiger charge is 2.19. The van der Waals surface area contributed by atoms with Crippen LogP contribution in [0.25, 0.3) is 0 Å². The van der Waals surface area contributed by atoms with Crippen LogP contribution in [0.2, 0.25) is 0 Å². The first-order valence-corrected chi connectivity index (χ1v) is 5.25. The third kappa shape index (κ3) is 2.14. The van der Waals surface area contributed by atoms with Gasteiger partial charge in [0.05, 0.1) is 5.56 Å². The van der Waals surface area contributed by atoms with Crippen molar-refractivity contribution in [3.8, 4) is 0 Å². The molecule has 92 valence electrons. The maximum absolute atomic E-state index is 13.4. The van der Waals surface area contributed by atoms with Crippen LogP contribution in [0.3, 0.4) is 0 Å². The molecule has 0 aliphatic rings. The van der Waals surface area contributed by atoms with E-state index >= 15 is 0 Å². The normalized spacial score (nSPS) is 10.4. The fraction of sp³-hybridized carbons (Fsp3) is 0.0714. The summed E-state index contributed by atoms with van der Waals surface area (Å²) in [6.07, 6.45) is 0. The van der Waals surface area contributed by atoms with Crippen molar-refractivity contribution in [3.63, 3.8) is 0 Å². The van der Waals surface area contributed by atoms with Crippen molar-refractivity contribution in [3.05, 3.63) is 70.5 Å². The Labute approximate surface area is 102 Å². The fourth-order valence-electron chi connectivity index (χ4n) is 1.59. The second-order valence-corrected chi connectivity index (χ2v) is 3.89. The van der Waals surface area contributed by atoms with E-state index in [-0.39, 0.29) is 5.56 Å². The first kappa shape index (κ1) is 12.4. The van der Waals surface area contributed by atoms with E-state index in [1.807, 2.05) is 0 Å².